The average Bonchev–Trinajstić information content (AvgIpc) is 2.62. The van der Waals surface area contributed by atoms with Crippen LogP contribution in [0.15, 0.2) is 11.2 Å². The van der Waals surface area contributed by atoms with Crippen LogP contribution in [0.1, 0.15) is 9.88 Å². The molecule has 15 heavy (non-hydrogen) atoms. The van der Waals surface area contributed by atoms with Crippen LogP contribution in [0.5, 0.6) is 0 Å². The molecular formula is C9H16N4OS. The monoisotopic (exact) mass is 228 g/mol. The smallest absolute Gasteiger partial charge is 0.189 e. The maximum Gasteiger partial charge on any atom is 0.189 e. The molecule has 0 radical (unpaired) electrons. The van der Waals surface area contributed by atoms with Crippen molar-refractivity contribution in [2.75, 3.05) is 20.3 Å². The van der Waals surface area contributed by atoms with Gasteiger partial charge in [-0.2, -0.15) is 0 Å². The van der Waals surface area contributed by atoms with Gasteiger partial charge in [0.05, 0.1) is 13.2 Å². The second kappa shape index (κ2) is 6.36. The number of guanidine groups is 1. The van der Waals surface area contributed by atoms with E-state index >= 15 is 0 Å². The molecule has 0 atom stereocenters. The van der Waals surface area contributed by atoms with Crippen LogP contribution in [0, 0.1) is 6.92 Å². The first kappa shape index (κ1) is 11.9. The van der Waals surface area contributed by atoms with Crippen LogP contribution in [0.4, 0.5) is 0 Å². The van der Waals surface area contributed by atoms with Gasteiger partial charge in [-0.05, 0) is 6.92 Å². The van der Waals surface area contributed by atoms with Crippen molar-refractivity contribution in [3.8, 4) is 0 Å². The second-order valence-electron chi connectivity index (χ2n) is 2.99. The molecule has 3 N–H and O–H groups in total. The van der Waals surface area contributed by atoms with Crippen LogP contribution >= 0.6 is 11.3 Å². The number of thiazole rings is 1. The lowest BCUT2D eigenvalue weighted by atomic mass is 10.6. The Bertz CT molecular complexity index is 324. The van der Waals surface area contributed by atoms with Gasteiger partial charge in [-0.3, -0.25) is 0 Å². The zero-order valence-electron chi connectivity index (χ0n) is 8.99. The molecule has 0 bridgehead atoms. The molecule has 1 rings (SSSR count). The van der Waals surface area contributed by atoms with Gasteiger partial charge in [0.15, 0.2) is 5.96 Å². The van der Waals surface area contributed by atoms with E-state index in [4.69, 9.17) is 10.5 Å². The maximum absolute atomic E-state index is 5.63. The van der Waals surface area contributed by atoms with Crippen LogP contribution in [0.25, 0.3) is 0 Å². The largest absolute Gasteiger partial charge is 0.383 e. The van der Waals surface area contributed by atoms with Gasteiger partial charge in [-0.1, -0.05) is 0 Å². The Labute approximate surface area is 93.4 Å². The number of rotatable bonds is 5. The topological polar surface area (TPSA) is 72.5 Å². The first-order valence-corrected chi connectivity index (χ1v) is 5.48. The predicted octanol–water partition coefficient (Wildman–Crippen LogP) is 0.502. The molecule has 0 aromatic carbocycles. The summed E-state index contributed by atoms with van der Waals surface area (Å²) in [6.45, 7) is 3.84. The molecule has 6 heteroatoms. The molecule has 84 valence electrons. The van der Waals surface area contributed by atoms with Gasteiger partial charge in [0.1, 0.15) is 5.01 Å². The van der Waals surface area contributed by atoms with Crippen LogP contribution in [-0.4, -0.2) is 31.2 Å². The molecule has 0 fully saturated rings. The Kier molecular flexibility index (Phi) is 5.06. The Morgan fingerprint density at radius 3 is 3.13 bits per heavy atom. The van der Waals surface area contributed by atoms with E-state index in [9.17, 15) is 0 Å². The van der Waals surface area contributed by atoms with Gasteiger partial charge < -0.3 is 15.8 Å². The number of aromatic nitrogens is 1. The fourth-order valence-corrected chi connectivity index (χ4v) is 1.68. The number of nitrogens with one attached hydrogen (secondary N) is 1. The first-order valence-electron chi connectivity index (χ1n) is 4.66. The number of ether oxygens (including phenoxy) is 1. The van der Waals surface area contributed by atoms with Crippen LogP contribution < -0.4 is 11.1 Å². The third kappa shape index (κ3) is 4.75. The molecule has 0 saturated heterocycles. The molecule has 0 saturated carbocycles. The molecule has 0 aliphatic rings. The van der Waals surface area contributed by atoms with Crippen molar-refractivity contribution in [1.29, 1.82) is 0 Å². The number of aliphatic imine (C=N–C) groups is 1. The van der Waals surface area contributed by atoms with E-state index in [1.54, 1.807) is 18.4 Å². The summed E-state index contributed by atoms with van der Waals surface area (Å²) in [6, 6.07) is 0. The number of nitrogens with two attached hydrogens (primary N) is 1. The normalized spacial score (nSPS) is 11.7. The van der Waals surface area contributed by atoms with E-state index < -0.39 is 0 Å². The van der Waals surface area contributed by atoms with Crippen molar-refractivity contribution in [2.45, 2.75) is 13.5 Å². The Hall–Kier alpha value is -1.14. The highest BCUT2D eigenvalue weighted by atomic mass is 32.1. The fraction of sp³-hybridized carbons (Fsp3) is 0.556. The number of hydrogen-bond acceptors (Lipinski definition) is 4. The zero-order chi connectivity index (χ0) is 11.1. The van der Waals surface area contributed by atoms with Gasteiger partial charge >= 0.3 is 0 Å². The molecule has 0 aliphatic heterocycles. The molecule has 0 amide bonds. The lowest BCUT2D eigenvalue weighted by Crippen LogP contribution is -2.34. The third-order valence-electron chi connectivity index (χ3n) is 1.67. The Morgan fingerprint density at radius 1 is 1.73 bits per heavy atom. The van der Waals surface area contributed by atoms with Crippen molar-refractivity contribution >= 4 is 17.3 Å². The van der Waals surface area contributed by atoms with Crippen LogP contribution in [-0.2, 0) is 11.3 Å². The number of methoxy groups -OCH3 is 1. The summed E-state index contributed by atoms with van der Waals surface area (Å²) in [4.78, 5) is 9.53. The summed E-state index contributed by atoms with van der Waals surface area (Å²) in [5.41, 5.74) is 5.63. The standard InChI is InChI=1S/C9H16N4OS/c1-7-5-12-8(15-7)6-13-9(10)11-3-4-14-2/h5H,3-4,6H2,1-2H3,(H3,10,11,13). The summed E-state index contributed by atoms with van der Waals surface area (Å²) < 4.78 is 4.87. The van der Waals surface area contributed by atoms with Gasteiger partial charge in [0.25, 0.3) is 0 Å². The van der Waals surface area contributed by atoms with Crippen molar-refractivity contribution < 1.29 is 4.74 Å². The van der Waals surface area contributed by atoms with E-state index in [2.05, 4.69) is 15.3 Å². The molecular weight excluding hydrogens is 212 g/mol. The van der Waals surface area contributed by atoms with E-state index in [-0.39, 0.29) is 0 Å². The van der Waals surface area contributed by atoms with E-state index in [0.29, 0.717) is 25.7 Å². The third-order valence-corrected chi connectivity index (χ3v) is 2.56. The second-order valence-corrected chi connectivity index (χ2v) is 4.31. The summed E-state index contributed by atoms with van der Waals surface area (Å²) in [5.74, 6) is 0.430. The molecule has 0 unspecified atom stereocenters. The first-order chi connectivity index (χ1) is 7.22. The molecule has 1 aromatic heterocycles. The minimum atomic E-state index is 0.430. The molecule has 5 nitrogen and oxygen atoms in total. The summed E-state index contributed by atoms with van der Waals surface area (Å²) in [7, 11) is 1.65. The predicted molar refractivity (Wildman–Crippen MR) is 62.1 cm³/mol. The van der Waals surface area contributed by atoms with Crippen molar-refractivity contribution in [3.63, 3.8) is 0 Å². The lowest BCUT2D eigenvalue weighted by molar-refractivity contribution is 0.204. The zero-order valence-corrected chi connectivity index (χ0v) is 9.80. The van der Waals surface area contributed by atoms with Crippen LogP contribution in [0.2, 0.25) is 0 Å². The van der Waals surface area contributed by atoms with Gasteiger partial charge in [-0.25, -0.2) is 9.98 Å². The molecule has 0 spiro atoms. The minimum absolute atomic E-state index is 0.430. The maximum atomic E-state index is 5.63. The summed E-state index contributed by atoms with van der Waals surface area (Å²) in [5, 5.41) is 3.92. The Morgan fingerprint density at radius 2 is 2.53 bits per heavy atom. The SMILES string of the molecule is COCCNC(N)=NCc1ncc(C)s1. The van der Waals surface area contributed by atoms with Gasteiger partial charge in [0.2, 0.25) is 0 Å². The highest BCUT2D eigenvalue weighted by Crippen LogP contribution is 2.11. The number of nitrogens with zero attached hydrogens (tertiary/aromatic N) is 2. The lowest BCUT2D eigenvalue weighted by Gasteiger charge is -2.03. The number of aryl methyl sites for hydroxylation is 1. The molecule has 1 aromatic rings. The quantitative estimate of drug-likeness (QED) is 0.437. The number of hydrogen-bond donors (Lipinski definition) is 2. The molecule has 1 heterocycles. The van der Waals surface area contributed by atoms with E-state index in [1.807, 2.05) is 13.1 Å². The summed E-state index contributed by atoms with van der Waals surface area (Å²) in [6.07, 6.45) is 1.84. The highest BCUT2D eigenvalue weighted by molar-refractivity contribution is 7.11. The van der Waals surface area contributed by atoms with Gasteiger partial charge in [-0.15, -0.1) is 11.3 Å². The fourth-order valence-electron chi connectivity index (χ4n) is 0.964. The van der Waals surface area contributed by atoms with Gasteiger partial charge in [0, 0.05) is 24.7 Å². The van der Waals surface area contributed by atoms with Crippen molar-refractivity contribution in [1.82, 2.24) is 10.3 Å². The molecule has 0 aliphatic carbocycles. The average molecular weight is 228 g/mol. The minimum Gasteiger partial charge on any atom is -0.383 e. The summed E-state index contributed by atoms with van der Waals surface area (Å²) >= 11 is 1.63. The Balaban J connectivity index is 2.30. The van der Waals surface area contributed by atoms with Crippen LogP contribution in [0.3, 0.4) is 0 Å². The highest BCUT2D eigenvalue weighted by Gasteiger charge is 1.97. The van der Waals surface area contributed by atoms with Crippen molar-refractivity contribution in [3.05, 3.63) is 16.1 Å². The van der Waals surface area contributed by atoms with E-state index in [1.165, 1.54) is 4.88 Å². The van der Waals surface area contributed by atoms with E-state index in [0.717, 1.165) is 5.01 Å². The van der Waals surface area contributed by atoms with Crippen molar-refractivity contribution in [2.24, 2.45) is 10.7 Å².